The van der Waals surface area contributed by atoms with Crippen molar-refractivity contribution in [1.29, 1.82) is 0 Å². The van der Waals surface area contributed by atoms with E-state index in [-0.39, 0.29) is 12.0 Å². The van der Waals surface area contributed by atoms with Gasteiger partial charge in [0, 0.05) is 0 Å². The molecule has 0 radical (unpaired) electrons. The minimum absolute atomic E-state index is 0.248. The molecule has 0 aromatic carbocycles. The minimum Gasteiger partial charge on any atom is -0.465 e. The highest BCUT2D eigenvalue weighted by Gasteiger charge is 2.20. The van der Waals surface area contributed by atoms with Crippen molar-refractivity contribution in [2.45, 2.75) is 26.8 Å². The molecule has 0 aliphatic carbocycles. The molecule has 0 heterocycles. The third kappa shape index (κ3) is 3.75. The van der Waals surface area contributed by atoms with Crippen LogP contribution in [-0.2, 0) is 9.53 Å². The molecule has 1 atom stereocenters. The summed E-state index contributed by atoms with van der Waals surface area (Å²) in [5.74, 6) is -0.248. The van der Waals surface area contributed by atoms with Crippen LogP contribution >= 0.6 is 0 Å². The summed E-state index contributed by atoms with van der Waals surface area (Å²) in [6.07, 6.45) is 3.53. The molecule has 0 aromatic rings. The molecule has 3 heteroatoms. The molecule has 1 N–H and O–H groups in total. The Balaban J connectivity index is 4.56. The van der Waals surface area contributed by atoms with Gasteiger partial charge < -0.3 is 10.1 Å². The maximum absolute atomic E-state index is 11.5. The molecule has 0 spiro atoms. The van der Waals surface area contributed by atoms with Gasteiger partial charge >= 0.3 is 5.97 Å². The van der Waals surface area contributed by atoms with E-state index in [1.807, 2.05) is 19.9 Å². The number of carbonyl (C=O) groups excluding carboxylic acids is 1. The molecule has 14 heavy (non-hydrogen) atoms. The molecular formula is C11H19NO2. The van der Waals surface area contributed by atoms with Gasteiger partial charge in [0.2, 0.25) is 0 Å². The maximum Gasteiger partial charge on any atom is 0.327 e. The first-order chi connectivity index (χ1) is 6.71. The summed E-state index contributed by atoms with van der Waals surface area (Å²) >= 11 is 0. The fourth-order valence-corrected chi connectivity index (χ4v) is 1.17. The van der Waals surface area contributed by atoms with Gasteiger partial charge in [-0.05, 0) is 26.0 Å². The summed E-state index contributed by atoms with van der Waals surface area (Å²) in [7, 11) is 0. The van der Waals surface area contributed by atoms with Crippen LogP contribution in [0, 0.1) is 0 Å². The molecule has 0 fully saturated rings. The van der Waals surface area contributed by atoms with E-state index in [0.717, 1.165) is 5.57 Å². The number of nitrogens with one attached hydrogen (secondary N) is 1. The van der Waals surface area contributed by atoms with Crippen molar-refractivity contribution in [1.82, 2.24) is 5.32 Å². The van der Waals surface area contributed by atoms with Gasteiger partial charge in [0.15, 0.2) is 0 Å². The Kier molecular flexibility index (Phi) is 6.76. The van der Waals surface area contributed by atoms with Crippen LogP contribution in [0.4, 0.5) is 0 Å². The predicted molar refractivity (Wildman–Crippen MR) is 58.1 cm³/mol. The topological polar surface area (TPSA) is 38.3 Å². The summed E-state index contributed by atoms with van der Waals surface area (Å²) in [4.78, 5) is 11.5. The quantitative estimate of drug-likeness (QED) is 0.520. The Morgan fingerprint density at radius 1 is 1.57 bits per heavy atom. The van der Waals surface area contributed by atoms with Gasteiger partial charge in [-0.2, -0.15) is 0 Å². The Bertz CT molecular complexity index is 221. The van der Waals surface area contributed by atoms with Gasteiger partial charge in [-0.15, -0.1) is 0 Å². The van der Waals surface area contributed by atoms with Crippen molar-refractivity contribution < 1.29 is 9.53 Å². The van der Waals surface area contributed by atoms with Crippen molar-refractivity contribution in [3.8, 4) is 0 Å². The number of hydrogen-bond acceptors (Lipinski definition) is 3. The lowest BCUT2D eigenvalue weighted by atomic mass is 10.1. The van der Waals surface area contributed by atoms with E-state index in [4.69, 9.17) is 4.74 Å². The standard InChI is InChI=1S/C11H19NO2/c1-5-9(6-2)10(12-7-3)11(13)14-8-4/h5-6,10,12H,1,7-8H2,2-4H3. The number of rotatable bonds is 6. The van der Waals surface area contributed by atoms with Gasteiger partial charge in [0.1, 0.15) is 6.04 Å². The first-order valence-corrected chi connectivity index (χ1v) is 4.89. The average Bonchev–Trinajstić information content (AvgIpc) is 2.18. The van der Waals surface area contributed by atoms with Crippen molar-refractivity contribution in [2.24, 2.45) is 0 Å². The van der Waals surface area contributed by atoms with Gasteiger partial charge in [0.25, 0.3) is 0 Å². The van der Waals surface area contributed by atoms with Crippen LogP contribution in [0.1, 0.15) is 20.8 Å². The smallest absolute Gasteiger partial charge is 0.327 e. The van der Waals surface area contributed by atoms with Gasteiger partial charge in [-0.25, -0.2) is 4.79 Å². The molecule has 3 nitrogen and oxygen atoms in total. The number of esters is 1. The molecule has 80 valence electrons. The van der Waals surface area contributed by atoms with E-state index in [9.17, 15) is 4.79 Å². The van der Waals surface area contributed by atoms with E-state index in [1.54, 1.807) is 13.0 Å². The highest BCUT2D eigenvalue weighted by Crippen LogP contribution is 2.05. The Labute approximate surface area is 85.8 Å². The molecule has 0 aliphatic heterocycles. The molecule has 0 bridgehead atoms. The third-order valence-corrected chi connectivity index (χ3v) is 1.83. The number of likely N-dealkylation sites (N-methyl/N-ethyl adjacent to an activating group) is 1. The average molecular weight is 197 g/mol. The molecule has 0 aliphatic rings. The Morgan fingerprint density at radius 3 is 2.57 bits per heavy atom. The second-order valence-electron chi connectivity index (χ2n) is 2.74. The van der Waals surface area contributed by atoms with E-state index >= 15 is 0 Å². The summed E-state index contributed by atoms with van der Waals surface area (Å²) in [6, 6.07) is -0.387. The molecule has 0 saturated carbocycles. The summed E-state index contributed by atoms with van der Waals surface area (Å²) in [5.41, 5.74) is 0.852. The zero-order chi connectivity index (χ0) is 11.0. The number of allylic oxidation sites excluding steroid dienone is 1. The first-order valence-electron chi connectivity index (χ1n) is 4.89. The SMILES string of the molecule is C=CC(=CC)C(NCC)C(=O)OCC. The lowest BCUT2D eigenvalue weighted by molar-refractivity contribution is -0.144. The molecule has 1 unspecified atom stereocenters. The van der Waals surface area contributed by atoms with E-state index < -0.39 is 0 Å². The van der Waals surface area contributed by atoms with E-state index in [0.29, 0.717) is 13.2 Å². The minimum atomic E-state index is -0.387. The van der Waals surface area contributed by atoms with E-state index in [2.05, 4.69) is 11.9 Å². The molecule has 0 saturated heterocycles. The zero-order valence-electron chi connectivity index (χ0n) is 9.17. The lowest BCUT2D eigenvalue weighted by Gasteiger charge is -2.16. The highest BCUT2D eigenvalue weighted by atomic mass is 16.5. The van der Waals surface area contributed by atoms with Crippen molar-refractivity contribution in [3.63, 3.8) is 0 Å². The van der Waals surface area contributed by atoms with Crippen molar-refractivity contribution in [3.05, 3.63) is 24.3 Å². The lowest BCUT2D eigenvalue weighted by Crippen LogP contribution is -2.39. The second kappa shape index (κ2) is 7.33. The molecular weight excluding hydrogens is 178 g/mol. The van der Waals surface area contributed by atoms with Crippen LogP contribution in [0.25, 0.3) is 0 Å². The number of ether oxygens (including phenoxy) is 1. The largest absolute Gasteiger partial charge is 0.465 e. The van der Waals surface area contributed by atoms with Gasteiger partial charge in [-0.1, -0.05) is 25.7 Å². The van der Waals surface area contributed by atoms with E-state index in [1.165, 1.54) is 0 Å². The Morgan fingerprint density at radius 2 is 2.21 bits per heavy atom. The molecule has 0 amide bonds. The van der Waals surface area contributed by atoms with Crippen LogP contribution in [0.3, 0.4) is 0 Å². The number of carbonyl (C=O) groups is 1. The first kappa shape index (κ1) is 12.9. The highest BCUT2D eigenvalue weighted by molar-refractivity contribution is 5.80. The number of hydrogen-bond donors (Lipinski definition) is 1. The molecule has 0 aromatic heterocycles. The monoisotopic (exact) mass is 197 g/mol. The van der Waals surface area contributed by atoms with Gasteiger partial charge in [0.05, 0.1) is 6.61 Å². The maximum atomic E-state index is 11.5. The van der Waals surface area contributed by atoms with Gasteiger partial charge in [-0.3, -0.25) is 0 Å². The van der Waals surface area contributed by atoms with Crippen LogP contribution in [0.15, 0.2) is 24.3 Å². The van der Waals surface area contributed by atoms with Crippen LogP contribution < -0.4 is 5.32 Å². The summed E-state index contributed by atoms with van der Waals surface area (Å²) < 4.78 is 4.95. The normalized spacial score (nSPS) is 13.5. The fraction of sp³-hybridized carbons (Fsp3) is 0.545. The van der Waals surface area contributed by atoms with Crippen LogP contribution in [0.5, 0.6) is 0 Å². The molecule has 0 rings (SSSR count). The predicted octanol–water partition coefficient (Wildman–Crippen LogP) is 1.66. The zero-order valence-corrected chi connectivity index (χ0v) is 9.17. The Hall–Kier alpha value is -1.09. The summed E-state index contributed by atoms with van der Waals surface area (Å²) in [6.45, 7) is 10.4. The van der Waals surface area contributed by atoms with Crippen LogP contribution in [0.2, 0.25) is 0 Å². The van der Waals surface area contributed by atoms with Crippen molar-refractivity contribution >= 4 is 5.97 Å². The van der Waals surface area contributed by atoms with Crippen molar-refractivity contribution in [2.75, 3.05) is 13.2 Å². The second-order valence-corrected chi connectivity index (χ2v) is 2.74. The third-order valence-electron chi connectivity index (χ3n) is 1.83. The summed E-state index contributed by atoms with van der Waals surface area (Å²) in [5, 5.41) is 3.06. The van der Waals surface area contributed by atoms with Crippen LogP contribution in [-0.4, -0.2) is 25.2 Å². The fourth-order valence-electron chi connectivity index (χ4n) is 1.17.